The van der Waals surface area contributed by atoms with Crippen LogP contribution in [0.25, 0.3) is 0 Å². The first-order valence-corrected chi connectivity index (χ1v) is 3.72. The van der Waals surface area contributed by atoms with E-state index in [0.717, 1.165) is 23.0 Å². The zero-order valence-electron chi connectivity index (χ0n) is 7.16. The molecule has 0 N–H and O–H groups in total. The first kappa shape index (κ1) is 8.57. The zero-order chi connectivity index (χ0) is 8.97. The van der Waals surface area contributed by atoms with Crippen LogP contribution in [0.3, 0.4) is 0 Å². The second-order valence-corrected chi connectivity index (χ2v) is 2.62. The molecule has 0 aliphatic heterocycles. The third-order valence-corrected chi connectivity index (χ3v) is 1.69. The van der Waals surface area contributed by atoms with Gasteiger partial charge in [0.05, 0.1) is 5.69 Å². The van der Waals surface area contributed by atoms with E-state index in [4.69, 9.17) is 0 Å². The van der Waals surface area contributed by atoms with E-state index in [1.165, 1.54) is 0 Å². The van der Waals surface area contributed by atoms with Crippen LogP contribution in [0.4, 0.5) is 5.69 Å². The predicted molar refractivity (Wildman–Crippen MR) is 48.0 cm³/mol. The van der Waals surface area contributed by atoms with Crippen LogP contribution in [0.15, 0.2) is 24.4 Å². The molecule has 0 amide bonds. The van der Waals surface area contributed by atoms with Crippen molar-refractivity contribution in [2.45, 2.75) is 13.8 Å². The fourth-order valence-corrected chi connectivity index (χ4v) is 1.10. The third kappa shape index (κ3) is 1.74. The van der Waals surface area contributed by atoms with Crippen LogP contribution in [-0.4, -0.2) is 5.94 Å². The van der Waals surface area contributed by atoms with Crippen molar-refractivity contribution in [2.24, 2.45) is 0 Å². The molecule has 0 fully saturated rings. The standard InChI is InChI=1S/C10H10NO/c1-8-4-3-5-9(2)10(8)11-6-7-12/h3-6H,1-2H3. The molecule has 0 saturated heterocycles. The average molecular weight is 160 g/mol. The van der Waals surface area contributed by atoms with Gasteiger partial charge in [-0.15, -0.1) is 0 Å². The molecule has 0 aromatic heterocycles. The number of carbonyl (C=O) groups excluding carboxylic acids is 1. The Morgan fingerprint density at radius 3 is 2.42 bits per heavy atom. The smallest absolute Gasteiger partial charge is 0.144 e. The maximum atomic E-state index is 9.93. The predicted octanol–water partition coefficient (Wildman–Crippen LogP) is 1.88. The van der Waals surface area contributed by atoms with Gasteiger partial charge in [0.15, 0.2) is 0 Å². The summed E-state index contributed by atoms with van der Waals surface area (Å²) in [5, 5.41) is 3.98. The molecular weight excluding hydrogens is 150 g/mol. The number of benzene rings is 1. The second kappa shape index (κ2) is 3.74. The minimum atomic E-state index is 0.862. The molecule has 0 aliphatic rings. The minimum absolute atomic E-state index is 0.862. The van der Waals surface area contributed by atoms with Gasteiger partial charge in [0.25, 0.3) is 0 Å². The SMILES string of the molecule is Cc1cccc(C)c1[N]C=C=O. The van der Waals surface area contributed by atoms with Gasteiger partial charge < -0.3 is 0 Å². The van der Waals surface area contributed by atoms with Crippen LogP contribution in [0.2, 0.25) is 0 Å². The fraction of sp³-hybridized carbons (Fsp3) is 0.200. The van der Waals surface area contributed by atoms with Gasteiger partial charge in [-0.1, -0.05) is 18.2 Å². The Kier molecular flexibility index (Phi) is 2.67. The molecule has 0 unspecified atom stereocenters. The molecule has 0 aliphatic carbocycles. The van der Waals surface area contributed by atoms with E-state index in [0.29, 0.717) is 0 Å². The van der Waals surface area contributed by atoms with E-state index in [2.05, 4.69) is 5.32 Å². The van der Waals surface area contributed by atoms with Crippen molar-refractivity contribution in [2.75, 3.05) is 0 Å². The van der Waals surface area contributed by atoms with Crippen molar-refractivity contribution in [1.29, 1.82) is 0 Å². The summed E-state index contributed by atoms with van der Waals surface area (Å²) in [4.78, 5) is 9.93. The topological polar surface area (TPSA) is 31.2 Å². The van der Waals surface area contributed by atoms with E-state index in [-0.39, 0.29) is 0 Å². The van der Waals surface area contributed by atoms with Crippen molar-refractivity contribution in [3.05, 3.63) is 35.5 Å². The van der Waals surface area contributed by atoms with Gasteiger partial charge in [0, 0.05) is 0 Å². The summed E-state index contributed by atoms with van der Waals surface area (Å²) in [6, 6.07) is 5.89. The molecule has 0 saturated carbocycles. The van der Waals surface area contributed by atoms with E-state index < -0.39 is 0 Å². The van der Waals surface area contributed by atoms with E-state index in [9.17, 15) is 4.79 Å². The van der Waals surface area contributed by atoms with Crippen LogP contribution >= 0.6 is 0 Å². The Bertz CT molecular complexity index is 304. The molecule has 12 heavy (non-hydrogen) atoms. The van der Waals surface area contributed by atoms with Crippen LogP contribution < -0.4 is 5.32 Å². The number of aryl methyl sites for hydroxylation is 2. The lowest BCUT2D eigenvalue weighted by molar-refractivity contribution is 0.568. The summed E-state index contributed by atoms with van der Waals surface area (Å²) in [5.41, 5.74) is 3.00. The molecule has 1 aromatic carbocycles. The normalized spacial score (nSPS) is 8.83. The van der Waals surface area contributed by atoms with Crippen molar-refractivity contribution in [3.63, 3.8) is 0 Å². The quantitative estimate of drug-likeness (QED) is 0.608. The molecule has 0 atom stereocenters. The molecule has 61 valence electrons. The summed E-state index contributed by atoms with van der Waals surface area (Å²) in [7, 11) is 0. The number of nitrogens with zero attached hydrogens (tertiary/aromatic N) is 1. The highest BCUT2D eigenvalue weighted by Crippen LogP contribution is 2.18. The molecule has 0 heterocycles. The van der Waals surface area contributed by atoms with Crippen molar-refractivity contribution in [1.82, 2.24) is 5.32 Å². The Balaban J connectivity index is 3.03. The van der Waals surface area contributed by atoms with Gasteiger partial charge in [0.2, 0.25) is 0 Å². The summed E-state index contributed by atoms with van der Waals surface area (Å²) in [5.74, 6) is 1.63. The minimum Gasteiger partial charge on any atom is -0.245 e. The van der Waals surface area contributed by atoms with E-state index in [1.54, 1.807) is 5.94 Å². The Hall–Kier alpha value is -1.53. The maximum absolute atomic E-state index is 9.93. The molecule has 0 spiro atoms. The monoisotopic (exact) mass is 160 g/mol. The number of hydrogen-bond donors (Lipinski definition) is 0. The van der Waals surface area contributed by atoms with Crippen LogP contribution in [-0.2, 0) is 4.79 Å². The van der Waals surface area contributed by atoms with E-state index in [1.807, 2.05) is 32.0 Å². The lowest BCUT2D eigenvalue weighted by Crippen LogP contribution is -1.92. The summed E-state index contributed by atoms with van der Waals surface area (Å²) >= 11 is 0. The maximum Gasteiger partial charge on any atom is 0.144 e. The second-order valence-electron chi connectivity index (χ2n) is 2.62. The van der Waals surface area contributed by atoms with Crippen molar-refractivity contribution in [3.8, 4) is 0 Å². The summed E-state index contributed by atoms with van der Waals surface area (Å²) < 4.78 is 0. The number of hydrogen-bond acceptors (Lipinski definition) is 1. The lowest BCUT2D eigenvalue weighted by atomic mass is 10.1. The molecule has 2 heteroatoms. The molecule has 0 bridgehead atoms. The molecular formula is C10H10NO. The zero-order valence-corrected chi connectivity index (χ0v) is 7.16. The molecule has 1 rings (SSSR count). The first-order valence-electron chi connectivity index (χ1n) is 3.72. The van der Waals surface area contributed by atoms with Crippen molar-refractivity contribution >= 4 is 11.6 Å². The Labute approximate surface area is 71.9 Å². The largest absolute Gasteiger partial charge is 0.245 e. The Morgan fingerprint density at radius 2 is 1.92 bits per heavy atom. The summed E-state index contributed by atoms with van der Waals surface area (Å²) in [6.07, 6.45) is 1.15. The first-order chi connectivity index (χ1) is 5.75. The van der Waals surface area contributed by atoms with Crippen LogP contribution in [0, 0.1) is 13.8 Å². The highest BCUT2D eigenvalue weighted by Gasteiger charge is 1.99. The lowest BCUT2D eigenvalue weighted by Gasteiger charge is -2.04. The summed E-state index contributed by atoms with van der Waals surface area (Å²) in [6.45, 7) is 3.93. The van der Waals surface area contributed by atoms with Gasteiger partial charge in [-0.3, -0.25) is 0 Å². The number of rotatable bonds is 2. The fourth-order valence-electron chi connectivity index (χ4n) is 1.10. The van der Waals surface area contributed by atoms with Crippen LogP contribution in [0.1, 0.15) is 11.1 Å². The average Bonchev–Trinajstić information content (AvgIpc) is 2.04. The van der Waals surface area contributed by atoms with Crippen molar-refractivity contribution < 1.29 is 4.79 Å². The van der Waals surface area contributed by atoms with Gasteiger partial charge in [0.1, 0.15) is 12.1 Å². The number of para-hydroxylation sites is 1. The van der Waals surface area contributed by atoms with Gasteiger partial charge in [-0.2, -0.15) is 0 Å². The molecule has 2 nitrogen and oxygen atoms in total. The van der Waals surface area contributed by atoms with Gasteiger partial charge in [-0.05, 0) is 25.0 Å². The van der Waals surface area contributed by atoms with Gasteiger partial charge in [-0.25, -0.2) is 10.1 Å². The molecule has 1 radical (unpaired) electrons. The highest BCUT2D eigenvalue weighted by atomic mass is 16.1. The Morgan fingerprint density at radius 1 is 1.33 bits per heavy atom. The van der Waals surface area contributed by atoms with Gasteiger partial charge >= 0.3 is 0 Å². The molecule has 1 aromatic rings. The van der Waals surface area contributed by atoms with Crippen LogP contribution in [0.5, 0.6) is 0 Å². The third-order valence-electron chi connectivity index (χ3n) is 1.69. The highest BCUT2D eigenvalue weighted by molar-refractivity contribution is 5.55. The van der Waals surface area contributed by atoms with E-state index >= 15 is 0 Å².